The van der Waals surface area contributed by atoms with Crippen LogP contribution in [0.2, 0.25) is 0 Å². The largest absolute Gasteiger partial charge is 0.366 e. The van der Waals surface area contributed by atoms with Gasteiger partial charge in [-0.15, -0.1) is 11.3 Å². The standard InChI is InChI=1S/C20H20N6O2S/c21-8-12-4-1-2-5-13(12)9-26-19(28)17-16(15(11-29-17)18(23)27)24-20(26)25-7-3-6-14(22)10-25/h1-2,4-5,11,14H,3,6-7,9-10,22H2,(H2,23,27)/t14-/m1/s1. The third-order valence-corrected chi connectivity index (χ3v) is 6.09. The number of benzene rings is 1. The number of aromatic nitrogens is 2. The van der Waals surface area contributed by atoms with Crippen molar-refractivity contribution in [1.29, 1.82) is 5.26 Å². The van der Waals surface area contributed by atoms with E-state index in [2.05, 4.69) is 11.1 Å². The number of nitriles is 1. The first-order chi connectivity index (χ1) is 14.0. The summed E-state index contributed by atoms with van der Waals surface area (Å²) in [6.07, 6.45) is 1.79. The summed E-state index contributed by atoms with van der Waals surface area (Å²) < 4.78 is 1.94. The molecule has 0 unspecified atom stereocenters. The first kappa shape index (κ1) is 19.1. The molecule has 9 heteroatoms. The number of primary amides is 1. The maximum Gasteiger partial charge on any atom is 0.273 e. The smallest absolute Gasteiger partial charge is 0.273 e. The Bertz CT molecular complexity index is 1190. The zero-order valence-electron chi connectivity index (χ0n) is 15.7. The maximum atomic E-state index is 13.4. The number of carbonyl (C=O) groups is 1. The molecule has 0 radical (unpaired) electrons. The molecule has 1 aliphatic heterocycles. The lowest BCUT2D eigenvalue weighted by molar-refractivity contribution is 0.100. The topological polar surface area (TPSA) is 131 Å². The van der Waals surface area contributed by atoms with Gasteiger partial charge in [-0.2, -0.15) is 5.26 Å². The Balaban J connectivity index is 1.92. The second-order valence-corrected chi connectivity index (χ2v) is 7.99. The van der Waals surface area contributed by atoms with Crippen molar-refractivity contribution in [3.8, 4) is 6.07 Å². The van der Waals surface area contributed by atoms with Crippen LogP contribution in [-0.2, 0) is 6.54 Å². The van der Waals surface area contributed by atoms with Crippen LogP contribution in [0.5, 0.6) is 0 Å². The summed E-state index contributed by atoms with van der Waals surface area (Å²) >= 11 is 1.15. The van der Waals surface area contributed by atoms with E-state index in [0.29, 0.717) is 34.8 Å². The predicted molar refractivity (Wildman–Crippen MR) is 112 cm³/mol. The monoisotopic (exact) mass is 408 g/mol. The number of carbonyl (C=O) groups excluding carboxylic acids is 1. The highest BCUT2D eigenvalue weighted by Crippen LogP contribution is 2.26. The Kier molecular flexibility index (Phi) is 5.05. The number of amides is 1. The highest BCUT2D eigenvalue weighted by Gasteiger charge is 2.25. The highest BCUT2D eigenvalue weighted by atomic mass is 32.1. The average Bonchev–Trinajstić information content (AvgIpc) is 3.15. The Morgan fingerprint density at radius 1 is 1.38 bits per heavy atom. The van der Waals surface area contributed by atoms with Crippen molar-refractivity contribution < 1.29 is 4.79 Å². The minimum absolute atomic E-state index is 0.0192. The first-order valence-corrected chi connectivity index (χ1v) is 10.2. The van der Waals surface area contributed by atoms with E-state index < -0.39 is 5.91 Å². The summed E-state index contributed by atoms with van der Waals surface area (Å²) in [7, 11) is 0. The van der Waals surface area contributed by atoms with Crippen LogP contribution in [0.3, 0.4) is 0 Å². The number of hydrogen-bond acceptors (Lipinski definition) is 7. The third kappa shape index (κ3) is 3.48. The molecule has 3 heterocycles. The predicted octanol–water partition coefficient (Wildman–Crippen LogP) is 1.40. The van der Waals surface area contributed by atoms with Crippen molar-refractivity contribution in [3.05, 3.63) is 56.7 Å². The lowest BCUT2D eigenvalue weighted by Crippen LogP contribution is -2.45. The molecule has 148 valence electrons. The van der Waals surface area contributed by atoms with Crippen LogP contribution in [-0.4, -0.2) is 34.6 Å². The first-order valence-electron chi connectivity index (χ1n) is 9.30. The van der Waals surface area contributed by atoms with Gasteiger partial charge in [0.25, 0.3) is 11.5 Å². The second-order valence-electron chi connectivity index (χ2n) is 7.11. The lowest BCUT2D eigenvalue weighted by Gasteiger charge is -2.33. The summed E-state index contributed by atoms with van der Waals surface area (Å²) in [5.74, 6) is -0.164. The fourth-order valence-corrected chi connectivity index (χ4v) is 4.62. The van der Waals surface area contributed by atoms with Crippen molar-refractivity contribution in [3.63, 3.8) is 0 Å². The maximum absolute atomic E-state index is 13.4. The van der Waals surface area contributed by atoms with Gasteiger partial charge in [0, 0.05) is 24.5 Å². The molecule has 29 heavy (non-hydrogen) atoms. The van der Waals surface area contributed by atoms with E-state index in [9.17, 15) is 14.9 Å². The molecule has 0 aliphatic carbocycles. The minimum Gasteiger partial charge on any atom is -0.366 e. The van der Waals surface area contributed by atoms with Crippen LogP contribution < -0.4 is 21.9 Å². The van der Waals surface area contributed by atoms with Gasteiger partial charge in [0.05, 0.1) is 23.7 Å². The van der Waals surface area contributed by atoms with Gasteiger partial charge in [0.2, 0.25) is 5.95 Å². The van der Waals surface area contributed by atoms with E-state index in [-0.39, 0.29) is 23.7 Å². The van der Waals surface area contributed by atoms with Crippen molar-refractivity contribution in [2.75, 3.05) is 18.0 Å². The molecule has 4 rings (SSSR count). The zero-order chi connectivity index (χ0) is 20.5. The van der Waals surface area contributed by atoms with Crippen LogP contribution in [0, 0.1) is 11.3 Å². The van der Waals surface area contributed by atoms with E-state index in [1.807, 2.05) is 17.0 Å². The van der Waals surface area contributed by atoms with Gasteiger partial charge < -0.3 is 16.4 Å². The Morgan fingerprint density at radius 3 is 2.90 bits per heavy atom. The van der Waals surface area contributed by atoms with Crippen LogP contribution >= 0.6 is 11.3 Å². The van der Waals surface area contributed by atoms with Gasteiger partial charge in [-0.25, -0.2) is 4.98 Å². The molecule has 1 fully saturated rings. The fraction of sp³-hybridized carbons (Fsp3) is 0.300. The van der Waals surface area contributed by atoms with E-state index in [0.717, 1.165) is 29.7 Å². The van der Waals surface area contributed by atoms with Gasteiger partial charge in [-0.3, -0.25) is 14.2 Å². The summed E-state index contributed by atoms with van der Waals surface area (Å²) in [4.78, 5) is 31.8. The molecular formula is C20H20N6O2S. The Morgan fingerprint density at radius 2 is 2.17 bits per heavy atom. The third-order valence-electron chi connectivity index (χ3n) is 5.13. The number of fused-ring (bicyclic) bond motifs is 1. The lowest BCUT2D eigenvalue weighted by atomic mass is 10.1. The molecule has 1 aliphatic rings. The van der Waals surface area contributed by atoms with E-state index in [1.165, 1.54) is 0 Å². The number of nitrogens with zero attached hydrogens (tertiary/aromatic N) is 4. The van der Waals surface area contributed by atoms with Crippen molar-refractivity contribution in [1.82, 2.24) is 9.55 Å². The molecule has 3 aromatic rings. The molecule has 0 saturated carbocycles. The van der Waals surface area contributed by atoms with Gasteiger partial charge in [0.1, 0.15) is 10.2 Å². The SMILES string of the molecule is N#Cc1ccccc1Cn1c(N2CCC[C@@H](N)C2)nc2c(C(N)=O)csc2c1=O. The molecule has 0 spiro atoms. The summed E-state index contributed by atoms with van der Waals surface area (Å²) in [5, 5.41) is 11.0. The molecular weight excluding hydrogens is 388 g/mol. The number of rotatable bonds is 4. The highest BCUT2D eigenvalue weighted by molar-refractivity contribution is 7.17. The van der Waals surface area contributed by atoms with Crippen molar-refractivity contribution >= 4 is 33.4 Å². The molecule has 0 bridgehead atoms. The number of piperidine rings is 1. The molecule has 4 N–H and O–H groups in total. The number of hydrogen-bond donors (Lipinski definition) is 2. The van der Waals surface area contributed by atoms with E-state index in [4.69, 9.17) is 11.5 Å². The van der Waals surface area contributed by atoms with Gasteiger partial charge in [-0.05, 0) is 24.5 Å². The normalized spacial score (nSPS) is 16.7. The molecule has 1 saturated heterocycles. The number of nitrogens with two attached hydrogens (primary N) is 2. The molecule has 1 amide bonds. The number of thiophene rings is 1. The average molecular weight is 408 g/mol. The van der Waals surface area contributed by atoms with Crippen LogP contribution in [0.25, 0.3) is 10.2 Å². The molecule has 1 atom stereocenters. The summed E-state index contributed by atoms with van der Waals surface area (Å²) in [6, 6.07) is 9.32. The van der Waals surface area contributed by atoms with Crippen molar-refractivity contribution in [2.45, 2.75) is 25.4 Å². The van der Waals surface area contributed by atoms with Gasteiger partial charge in [0.15, 0.2) is 0 Å². The van der Waals surface area contributed by atoms with Crippen LogP contribution in [0.1, 0.15) is 34.3 Å². The van der Waals surface area contributed by atoms with E-state index >= 15 is 0 Å². The van der Waals surface area contributed by atoms with Gasteiger partial charge in [-0.1, -0.05) is 18.2 Å². The van der Waals surface area contributed by atoms with Gasteiger partial charge >= 0.3 is 0 Å². The Hall–Kier alpha value is -3.22. The quantitative estimate of drug-likeness (QED) is 0.671. The van der Waals surface area contributed by atoms with E-state index in [1.54, 1.807) is 22.1 Å². The fourth-order valence-electron chi connectivity index (χ4n) is 3.68. The minimum atomic E-state index is -0.614. The summed E-state index contributed by atoms with van der Waals surface area (Å²) in [6.45, 7) is 1.48. The number of anilines is 1. The van der Waals surface area contributed by atoms with Crippen molar-refractivity contribution in [2.24, 2.45) is 11.5 Å². The van der Waals surface area contributed by atoms with Crippen LogP contribution in [0.15, 0.2) is 34.4 Å². The zero-order valence-corrected chi connectivity index (χ0v) is 16.5. The summed E-state index contributed by atoms with van der Waals surface area (Å²) in [5.41, 5.74) is 13.2. The molecule has 1 aromatic carbocycles. The Labute approximate surface area is 171 Å². The molecule has 8 nitrogen and oxygen atoms in total. The molecule has 2 aromatic heterocycles. The second kappa shape index (κ2) is 7.66. The van der Waals surface area contributed by atoms with Crippen LogP contribution in [0.4, 0.5) is 5.95 Å².